The smallest absolute Gasteiger partial charge is 0.0233 e. The fourth-order valence-corrected chi connectivity index (χ4v) is 3.09. The Labute approximate surface area is 130 Å². The van der Waals surface area contributed by atoms with Gasteiger partial charge in [-0.05, 0) is 48.4 Å². The highest BCUT2D eigenvalue weighted by Crippen LogP contribution is 2.23. The molecule has 2 atom stereocenters. The molecule has 0 bridgehead atoms. The van der Waals surface area contributed by atoms with Gasteiger partial charge in [0, 0.05) is 19.6 Å². The first-order valence-electron chi connectivity index (χ1n) is 8.55. The van der Waals surface area contributed by atoms with E-state index in [0.29, 0.717) is 5.92 Å². The summed E-state index contributed by atoms with van der Waals surface area (Å²) in [5.41, 5.74) is 2.87. The van der Waals surface area contributed by atoms with E-state index in [4.69, 9.17) is 0 Å². The number of benzene rings is 1. The summed E-state index contributed by atoms with van der Waals surface area (Å²) in [4.78, 5) is 2.62. The molecular formula is C19H32N2. The highest BCUT2D eigenvalue weighted by Gasteiger charge is 2.22. The molecule has 1 aromatic rings. The monoisotopic (exact) mass is 288 g/mol. The second kappa shape index (κ2) is 7.95. The van der Waals surface area contributed by atoms with Crippen LogP contribution in [0, 0.1) is 17.8 Å². The Hall–Kier alpha value is -0.860. The van der Waals surface area contributed by atoms with Crippen LogP contribution in [0.25, 0.3) is 0 Å². The zero-order chi connectivity index (χ0) is 15.2. The lowest BCUT2D eigenvalue weighted by atomic mass is 9.88. The van der Waals surface area contributed by atoms with Crippen LogP contribution in [0.2, 0.25) is 0 Å². The summed E-state index contributed by atoms with van der Waals surface area (Å²) in [7, 11) is 0. The van der Waals surface area contributed by atoms with Crippen molar-refractivity contribution in [3.63, 3.8) is 0 Å². The average Bonchev–Trinajstić information content (AvgIpc) is 2.43. The SMILES string of the molecule is CC(C)CNCc1cccc(CN2CCC(C)C(C)C2)c1. The fourth-order valence-electron chi connectivity index (χ4n) is 3.09. The minimum Gasteiger partial charge on any atom is -0.312 e. The molecule has 21 heavy (non-hydrogen) atoms. The first-order chi connectivity index (χ1) is 10.0. The lowest BCUT2D eigenvalue weighted by molar-refractivity contribution is 0.132. The zero-order valence-corrected chi connectivity index (χ0v) is 14.2. The molecule has 118 valence electrons. The molecule has 0 radical (unpaired) electrons. The summed E-state index contributed by atoms with van der Waals surface area (Å²) in [6, 6.07) is 9.08. The maximum Gasteiger partial charge on any atom is 0.0233 e. The Morgan fingerprint density at radius 1 is 1.19 bits per heavy atom. The van der Waals surface area contributed by atoms with Gasteiger partial charge in [-0.15, -0.1) is 0 Å². The van der Waals surface area contributed by atoms with Crippen LogP contribution in [0.3, 0.4) is 0 Å². The number of piperidine rings is 1. The molecule has 1 saturated heterocycles. The van der Waals surface area contributed by atoms with Gasteiger partial charge in [0.05, 0.1) is 0 Å². The van der Waals surface area contributed by atoms with Gasteiger partial charge in [-0.3, -0.25) is 4.90 Å². The van der Waals surface area contributed by atoms with E-state index in [1.54, 1.807) is 0 Å². The van der Waals surface area contributed by atoms with Gasteiger partial charge >= 0.3 is 0 Å². The van der Waals surface area contributed by atoms with Crippen molar-refractivity contribution in [2.75, 3.05) is 19.6 Å². The maximum absolute atomic E-state index is 3.53. The highest BCUT2D eigenvalue weighted by atomic mass is 15.1. The van der Waals surface area contributed by atoms with Gasteiger partial charge in [0.15, 0.2) is 0 Å². The van der Waals surface area contributed by atoms with Crippen molar-refractivity contribution >= 4 is 0 Å². The van der Waals surface area contributed by atoms with E-state index < -0.39 is 0 Å². The molecule has 1 N–H and O–H groups in total. The van der Waals surface area contributed by atoms with Crippen LogP contribution < -0.4 is 5.32 Å². The van der Waals surface area contributed by atoms with E-state index in [2.05, 4.69) is 62.2 Å². The molecule has 0 saturated carbocycles. The van der Waals surface area contributed by atoms with Gasteiger partial charge in [-0.25, -0.2) is 0 Å². The van der Waals surface area contributed by atoms with E-state index >= 15 is 0 Å². The van der Waals surface area contributed by atoms with Crippen molar-refractivity contribution in [3.05, 3.63) is 35.4 Å². The van der Waals surface area contributed by atoms with Crippen LogP contribution in [0.4, 0.5) is 0 Å². The molecule has 1 aliphatic heterocycles. The number of rotatable bonds is 6. The van der Waals surface area contributed by atoms with Crippen molar-refractivity contribution in [2.45, 2.75) is 47.2 Å². The third-order valence-corrected chi connectivity index (χ3v) is 4.70. The van der Waals surface area contributed by atoms with Crippen molar-refractivity contribution in [2.24, 2.45) is 17.8 Å². The van der Waals surface area contributed by atoms with Crippen LogP contribution >= 0.6 is 0 Å². The normalized spacial score (nSPS) is 23.7. The second-order valence-corrected chi connectivity index (χ2v) is 7.32. The van der Waals surface area contributed by atoms with Gasteiger partial charge < -0.3 is 5.32 Å². The molecule has 2 rings (SSSR count). The molecular weight excluding hydrogens is 256 g/mol. The lowest BCUT2D eigenvalue weighted by Gasteiger charge is -2.35. The van der Waals surface area contributed by atoms with Crippen molar-refractivity contribution in [3.8, 4) is 0 Å². The summed E-state index contributed by atoms with van der Waals surface area (Å²) >= 11 is 0. The lowest BCUT2D eigenvalue weighted by Crippen LogP contribution is -2.37. The van der Waals surface area contributed by atoms with Crippen LogP contribution in [0.15, 0.2) is 24.3 Å². The molecule has 2 unspecified atom stereocenters. The minimum absolute atomic E-state index is 0.713. The highest BCUT2D eigenvalue weighted by molar-refractivity contribution is 5.23. The van der Waals surface area contributed by atoms with Crippen LogP contribution in [-0.4, -0.2) is 24.5 Å². The Morgan fingerprint density at radius 2 is 1.95 bits per heavy atom. The van der Waals surface area contributed by atoms with Gasteiger partial charge in [-0.2, -0.15) is 0 Å². The van der Waals surface area contributed by atoms with E-state index in [0.717, 1.165) is 31.5 Å². The molecule has 0 aromatic heterocycles. The Morgan fingerprint density at radius 3 is 2.67 bits per heavy atom. The molecule has 2 heteroatoms. The van der Waals surface area contributed by atoms with Crippen LogP contribution in [0.5, 0.6) is 0 Å². The van der Waals surface area contributed by atoms with E-state index in [1.165, 1.54) is 30.6 Å². The van der Waals surface area contributed by atoms with E-state index in [-0.39, 0.29) is 0 Å². The van der Waals surface area contributed by atoms with Crippen LogP contribution in [0.1, 0.15) is 45.2 Å². The number of nitrogens with one attached hydrogen (secondary N) is 1. The average molecular weight is 288 g/mol. The topological polar surface area (TPSA) is 15.3 Å². The Kier molecular flexibility index (Phi) is 6.25. The standard InChI is InChI=1S/C19H32N2/c1-15(2)11-20-12-18-6-5-7-19(10-18)14-21-9-8-16(3)17(4)13-21/h5-7,10,15-17,20H,8-9,11-14H2,1-4H3. The number of nitrogens with zero attached hydrogens (tertiary/aromatic N) is 1. The van der Waals surface area contributed by atoms with Crippen molar-refractivity contribution < 1.29 is 0 Å². The van der Waals surface area contributed by atoms with Gasteiger partial charge in [0.2, 0.25) is 0 Å². The third kappa shape index (κ3) is 5.44. The molecule has 1 aliphatic rings. The van der Waals surface area contributed by atoms with Gasteiger partial charge in [0.1, 0.15) is 0 Å². The molecule has 0 aliphatic carbocycles. The third-order valence-electron chi connectivity index (χ3n) is 4.70. The fraction of sp³-hybridized carbons (Fsp3) is 0.684. The summed E-state index contributed by atoms with van der Waals surface area (Å²) in [6.45, 7) is 15.0. The maximum atomic E-state index is 3.53. The number of likely N-dealkylation sites (tertiary alicyclic amines) is 1. The summed E-state index contributed by atoms with van der Waals surface area (Å²) < 4.78 is 0. The first kappa shape index (κ1) is 16.5. The second-order valence-electron chi connectivity index (χ2n) is 7.32. The molecule has 0 spiro atoms. The van der Waals surface area contributed by atoms with Gasteiger partial charge in [-0.1, -0.05) is 52.0 Å². The molecule has 0 amide bonds. The van der Waals surface area contributed by atoms with E-state index in [9.17, 15) is 0 Å². The summed E-state index contributed by atoms with van der Waals surface area (Å²) in [5, 5.41) is 3.53. The van der Waals surface area contributed by atoms with Crippen molar-refractivity contribution in [1.29, 1.82) is 0 Å². The molecule has 1 aromatic carbocycles. The molecule has 1 heterocycles. The quantitative estimate of drug-likeness (QED) is 0.854. The summed E-state index contributed by atoms with van der Waals surface area (Å²) in [6.07, 6.45) is 1.34. The predicted molar refractivity (Wildman–Crippen MR) is 91.2 cm³/mol. The number of hydrogen-bond donors (Lipinski definition) is 1. The van der Waals surface area contributed by atoms with Crippen LogP contribution in [-0.2, 0) is 13.1 Å². The zero-order valence-electron chi connectivity index (χ0n) is 14.2. The summed E-state index contributed by atoms with van der Waals surface area (Å²) in [5.74, 6) is 2.42. The number of hydrogen-bond acceptors (Lipinski definition) is 2. The molecule has 2 nitrogen and oxygen atoms in total. The first-order valence-corrected chi connectivity index (χ1v) is 8.55. The Balaban J connectivity index is 1.86. The Bertz CT molecular complexity index is 427. The largest absolute Gasteiger partial charge is 0.312 e. The van der Waals surface area contributed by atoms with Crippen molar-refractivity contribution in [1.82, 2.24) is 10.2 Å². The minimum atomic E-state index is 0.713. The van der Waals surface area contributed by atoms with E-state index in [1.807, 2.05) is 0 Å². The predicted octanol–water partition coefficient (Wildman–Crippen LogP) is 3.91. The van der Waals surface area contributed by atoms with Gasteiger partial charge in [0.25, 0.3) is 0 Å². The molecule has 1 fully saturated rings.